The molecule has 3 nitrogen and oxygen atoms in total. The van der Waals surface area contributed by atoms with Crippen molar-refractivity contribution in [2.24, 2.45) is 0 Å². The molecule has 0 saturated heterocycles. The van der Waals surface area contributed by atoms with Gasteiger partial charge in [0.2, 0.25) is 0 Å². The molecule has 0 saturated carbocycles. The van der Waals surface area contributed by atoms with Gasteiger partial charge in [-0.2, -0.15) is 0 Å². The summed E-state index contributed by atoms with van der Waals surface area (Å²) in [5.41, 5.74) is 2.41. The molecular formula is C15H17BrN2O. The Hall–Kier alpha value is -1.55. The molecule has 100 valence electrons. The predicted octanol–water partition coefficient (Wildman–Crippen LogP) is 3.80. The van der Waals surface area contributed by atoms with E-state index in [2.05, 4.69) is 50.9 Å². The number of anilines is 1. The number of benzene rings is 1. The summed E-state index contributed by atoms with van der Waals surface area (Å²) in [6, 6.07) is 10.2. The van der Waals surface area contributed by atoms with Crippen LogP contribution < -0.4 is 9.64 Å². The van der Waals surface area contributed by atoms with Gasteiger partial charge in [0.25, 0.3) is 0 Å². The van der Waals surface area contributed by atoms with Crippen LogP contribution in [0.2, 0.25) is 0 Å². The van der Waals surface area contributed by atoms with Crippen LogP contribution in [0.5, 0.6) is 5.75 Å². The smallest absolute Gasteiger partial charge is 0.128 e. The molecule has 19 heavy (non-hydrogen) atoms. The highest BCUT2D eigenvalue weighted by Crippen LogP contribution is 2.21. The maximum absolute atomic E-state index is 5.16. The van der Waals surface area contributed by atoms with Crippen LogP contribution in [0.1, 0.15) is 11.1 Å². The molecule has 0 atom stereocenters. The predicted molar refractivity (Wildman–Crippen MR) is 81.8 cm³/mol. The topological polar surface area (TPSA) is 25.4 Å². The van der Waals surface area contributed by atoms with Gasteiger partial charge < -0.3 is 9.64 Å². The first-order valence-electron chi connectivity index (χ1n) is 6.06. The number of hydrogen-bond acceptors (Lipinski definition) is 3. The molecule has 0 N–H and O–H groups in total. The lowest BCUT2D eigenvalue weighted by molar-refractivity contribution is 0.414. The van der Waals surface area contributed by atoms with Gasteiger partial charge in [0.15, 0.2) is 0 Å². The summed E-state index contributed by atoms with van der Waals surface area (Å²) in [5.74, 6) is 1.85. The van der Waals surface area contributed by atoms with Gasteiger partial charge in [0.1, 0.15) is 11.6 Å². The Kier molecular flexibility index (Phi) is 4.43. The minimum Gasteiger partial charge on any atom is -0.497 e. The first-order chi connectivity index (χ1) is 9.10. The van der Waals surface area contributed by atoms with Crippen molar-refractivity contribution in [3.05, 3.63) is 52.1 Å². The highest BCUT2D eigenvalue weighted by molar-refractivity contribution is 9.10. The summed E-state index contributed by atoms with van der Waals surface area (Å²) in [6.07, 6.45) is 1.84. The molecule has 0 aliphatic carbocycles. The van der Waals surface area contributed by atoms with E-state index in [4.69, 9.17) is 4.74 Å². The van der Waals surface area contributed by atoms with Gasteiger partial charge in [-0.1, -0.05) is 12.1 Å². The van der Waals surface area contributed by atoms with Crippen LogP contribution in [0.25, 0.3) is 0 Å². The van der Waals surface area contributed by atoms with E-state index in [-0.39, 0.29) is 0 Å². The zero-order valence-electron chi connectivity index (χ0n) is 11.4. The zero-order chi connectivity index (χ0) is 13.8. The molecule has 0 unspecified atom stereocenters. The van der Waals surface area contributed by atoms with Crippen LogP contribution in [0.4, 0.5) is 5.82 Å². The van der Waals surface area contributed by atoms with E-state index in [0.29, 0.717) is 0 Å². The highest BCUT2D eigenvalue weighted by atomic mass is 79.9. The van der Waals surface area contributed by atoms with Crippen molar-refractivity contribution in [1.82, 2.24) is 4.98 Å². The lowest BCUT2D eigenvalue weighted by atomic mass is 10.2. The van der Waals surface area contributed by atoms with E-state index in [1.165, 1.54) is 11.1 Å². The summed E-state index contributed by atoms with van der Waals surface area (Å²) in [4.78, 5) is 6.55. The Morgan fingerprint density at radius 2 is 1.95 bits per heavy atom. The molecule has 0 aliphatic heterocycles. The van der Waals surface area contributed by atoms with Crippen molar-refractivity contribution in [2.45, 2.75) is 13.5 Å². The Balaban J connectivity index is 2.10. The quantitative estimate of drug-likeness (QED) is 0.856. The lowest BCUT2D eigenvalue weighted by Gasteiger charge is -2.19. The summed E-state index contributed by atoms with van der Waals surface area (Å²) < 4.78 is 6.19. The Bertz CT molecular complexity index is 555. The van der Waals surface area contributed by atoms with E-state index in [0.717, 1.165) is 22.6 Å². The van der Waals surface area contributed by atoms with E-state index in [9.17, 15) is 0 Å². The van der Waals surface area contributed by atoms with Gasteiger partial charge in [-0.05, 0) is 52.2 Å². The number of ether oxygens (including phenoxy) is 1. The van der Waals surface area contributed by atoms with Crippen molar-refractivity contribution >= 4 is 21.7 Å². The van der Waals surface area contributed by atoms with E-state index >= 15 is 0 Å². The molecule has 1 heterocycles. The maximum Gasteiger partial charge on any atom is 0.128 e. The Morgan fingerprint density at radius 1 is 1.26 bits per heavy atom. The molecule has 0 radical (unpaired) electrons. The van der Waals surface area contributed by atoms with Gasteiger partial charge in [-0.15, -0.1) is 0 Å². The molecule has 0 fully saturated rings. The summed E-state index contributed by atoms with van der Waals surface area (Å²) in [5, 5.41) is 0. The number of rotatable bonds is 4. The summed E-state index contributed by atoms with van der Waals surface area (Å²) >= 11 is 3.47. The fourth-order valence-corrected chi connectivity index (χ4v) is 2.04. The van der Waals surface area contributed by atoms with E-state index in [1.807, 2.05) is 25.4 Å². The molecule has 0 bridgehead atoms. The minimum absolute atomic E-state index is 0.818. The van der Waals surface area contributed by atoms with E-state index in [1.54, 1.807) is 7.11 Å². The van der Waals surface area contributed by atoms with Gasteiger partial charge in [-0.25, -0.2) is 4.98 Å². The largest absolute Gasteiger partial charge is 0.497 e. The van der Waals surface area contributed by atoms with E-state index < -0.39 is 0 Å². The first kappa shape index (κ1) is 13.9. The second-order valence-corrected chi connectivity index (χ2v) is 5.35. The fraction of sp³-hybridized carbons (Fsp3) is 0.267. The maximum atomic E-state index is 5.16. The standard InChI is InChI=1S/C15H17BrN2O/c1-11-8-15(17-9-14(11)16)18(2)10-12-4-6-13(19-3)7-5-12/h4-9H,10H2,1-3H3. The normalized spacial score (nSPS) is 10.3. The third-order valence-corrected chi connectivity index (χ3v) is 3.83. The first-order valence-corrected chi connectivity index (χ1v) is 6.85. The van der Waals surface area contributed by atoms with Crippen LogP contribution in [0.15, 0.2) is 41.0 Å². The van der Waals surface area contributed by atoms with Gasteiger partial charge in [-0.3, -0.25) is 0 Å². The zero-order valence-corrected chi connectivity index (χ0v) is 12.9. The molecular weight excluding hydrogens is 304 g/mol. The fourth-order valence-electron chi connectivity index (χ4n) is 1.82. The summed E-state index contributed by atoms with van der Waals surface area (Å²) in [6.45, 7) is 2.88. The van der Waals surface area contributed by atoms with Gasteiger partial charge >= 0.3 is 0 Å². The van der Waals surface area contributed by atoms with Crippen molar-refractivity contribution in [2.75, 3.05) is 19.1 Å². The number of pyridine rings is 1. The molecule has 4 heteroatoms. The average Bonchev–Trinajstić information content (AvgIpc) is 2.42. The number of methoxy groups -OCH3 is 1. The number of nitrogens with zero attached hydrogens (tertiary/aromatic N) is 2. The van der Waals surface area contributed by atoms with Crippen LogP contribution in [-0.4, -0.2) is 19.1 Å². The highest BCUT2D eigenvalue weighted by Gasteiger charge is 2.05. The number of aryl methyl sites for hydroxylation is 1. The molecule has 2 rings (SSSR count). The third-order valence-electron chi connectivity index (χ3n) is 3.00. The molecule has 0 spiro atoms. The van der Waals surface area contributed by atoms with Crippen LogP contribution in [0.3, 0.4) is 0 Å². The van der Waals surface area contributed by atoms with Crippen molar-refractivity contribution in [3.8, 4) is 5.75 Å². The monoisotopic (exact) mass is 320 g/mol. The number of halogens is 1. The van der Waals surface area contributed by atoms with Crippen LogP contribution in [0, 0.1) is 6.92 Å². The number of hydrogen-bond donors (Lipinski definition) is 0. The minimum atomic E-state index is 0.818. The molecule has 0 aliphatic rings. The van der Waals surface area contributed by atoms with Crippen LogP contribution in [-0.2, 0) is 6.54 Å². The second-order valence-electron chi connectivity index (χ2n) is 4.50. The summed E-state index contributed by atoms with van der Waals surface area (Å²) in [7, 11) is 3.72. The average molecular weight is 321 g/mol. The van der Waals surface area contributed by atoms with Crippen LogP contribution >= 0.6 is 15.9 Å². The number of aromatic nitrogens is 1. The molecule has 0 amide bonds. The van der Waals surface area contributed by atoms with Crippen molar-refractivity contribution < 1.29 is 4.74 Å². The SMILES string of the molecule is COc1ccc(CN(C)c2cc(C)c(Br)cn2)cc1. The molecule has 1 aromatic carbocycles. The second kappa shape index (κ2) is 6.06. The Morgan fingerprint density at radius 3 is 2.53 bits per heavy atom. The third kappa shape index (κ3) is 3.47. The molecule has 2 aromatic rings. The van der Waals surface area contributed by atoms with Gasteiger partial charge in [0, 0.05) is 24.3 Å². The molecule has 1 aromatic heterocycles. The Labute approximate surface area is 122 Å². The van der Waals surface area contributed by atoms with Gasteiger partial charge in [0.05, 0.1) is 7.11 Å². The lowest BCUT2D eigenvalue weighted by Crippen LogP contribution is -2.17. The van der Waals surface area contributed by atoms with Crippen molar-refractivity contribution in [3.63, 3.8) is 0 Å². The van der Waals surface area contributed by atoms with Crippen molar-refractivity contribution in [1.29, 1.82) is 0 Å².